The topological polar surface area (TPSA) is 46.6 Å². The number of hydrogen-bond donors (Lipinski definition) is 0. The van der Waals surface area contributed by atoms with Crippen molar-refractivity contribution in [2.45, 2.75) is 57.6 Å². The molecular formula is C18H23NO3. The van der Waals surface area contributed by atoms with Gasteiger partial charge in [-0.1, -0.05) is 18.6 Å². The van der Waals surface area contributed by atoms with E-state index in [0.717, 1.165) is 44.2 Å². The van der Waals surface area contributed by atoms with Crippen LogP contribution in [0.1, 0.15) is 60.9 Å². The number of likely N-dealkylation sites (tertiary alicyclic amines) is 1. The Hall–Kier alpha value is -1.84. The van der Waals surface area contributed by atoms with Gasteiger partial charge in [0, 0.05) is 19.5 Å². The van der Waals surface area contributed by atoms with E-state index in [9.17, 15) is 9.59 Å². The predicted molar refractivity (Wildman–Crippen MR) is 83.4 cm³/mol. The maximum Gasteiger partial charge on any atom is 0.338 e. The molecule has 0 N–H and O–H groups in total. The highest BCUT2D eigenvalue weighted by molar-refractivity contribution is 5.89. The molecule has 1 aromatic carbocycles. The summed E-state index contributed by atoms with van der Waals surface area (Å²) < 4.78 is 5.60. The fraction of sp³-hybridized carbons (Fsp3) is 0.556. The molecule has 1 aliphatic heterocycles. The van der Waals surface area contributed by atoms with Crippen LogP contribution in [0.15, 0.2) is 24.3 Å². The number of ether oxygens (including phenoxy) is 1. The monoisotopic (exact) mass is 301 g/mol. The van der Waals surface area contributed by atoms with E-state index in [1.165, 1.54) is 6.42 Å². The molecule has 2 aliphatic rings. The van der Waals surface area contributed by atoms with Crippen LogP contribution in [0.2, 0.25) is 0 Å². The van der Waals surface area contributed by atoms with Crippen LogP contribution in [0.25, 0.3) is 0 Å². The van der Waals surface area contributed by atoms with Gasteiger partial charge in [0.15, 0.2) is 0 Å². The second kappa shape index (κ2) is 6.95. The molecular weight excluding hydrogens is 278 g/mol. The van der Waals surface area contributed by atoms with Gasteiger partial charge in [-0.3, -0.25) is 4.79 Å². The lowest BCUT2D eigenvalue weighted by Gasteiger charge is -2.22. The smallest absolute Gasteiger partial charge is 0.338 e. The van der Waals surface area contributed by atoms with E-state index in [2.05, 4.69) is 0 Å². The van der Waals surface area contributed by atoms with Crippen LogP contribution >= 0.6 is 0 Å². The SMILES string of the molecule is O=C(OC1CCCCC1)c1cccc(CN2CCCC2=O)c1. The molecule has 1 saturated heterocycles. The van der Waals surface area contributed by atoms with Crippen LogP contribution in [-0.4, -0.2) is 29.4 Å². The number of rotatable bonds is 4. The summed E-state index contributed by atoms with van der Waals surface area (Å²) in [6, 6.07) is 7.48. The number of carbonyl (C=O) groups is 2. The third-order valence-corrected chi connectivity index (χ3v) is 4.53. The zero-order valence-electron chi connectivity index (χ0n) is 12.9. The van der Waals surface area contributed by atoms with Crippen molar-refractivity contribution in [2.24, 2.45) is 0 Å². The van der Waals surface area contributed by atoms with E-state index in [4.69, 9.17) is 4.74 Å². The Morgan fingerprint density at radius 2 is 2.00 bits per heavy atom. The summed E-state index contributed by atoms with van der Waals surface area (Å²) in [5, 5.41) is 0. The first-order valence-electron chi connectivity index (χ1n) is 8.30. The first-order valence-corrected chi connectivity index (χ1v) is 8.30. The number of nitrogens with zero attached hydrogens (tertiary/aromatic N) is 1. The summed E-state index contributed by atoms with van der Waals surface area (Å²) >= 11 is 0. The number of hydrogen-bond acceptors (Lipinski definition) is 3. The van der Waals surface area contributed by atoms with Crippen LogP contribution < -0.4 is 0 Å². The van der Waals surface area contributed by atoms with Crippen molar-refractivity contribution < 1.29 is 14.3 Å². The molecule has 0 bridgehead atoms. The molecule has 22 heavy (non-hydrogen) atoms. The van der Waals surface area contributed by atoms with Gasteiger partial charge in [-0.25, -0.2) is 4.79 Å². The Kier molecular flexibility index (Phi) is 4.76. The lowest BCUT2D eigenvalue weighted by Crippen LogP contribution is -2.24. The van der Waals surface area contributed by atoms with Gasteiger partial charge in [-0.2, -0.15) is 0 Å². The van der Waals surface area contributed by atoms with Gasteiger partial charge in [0.1, 0.15) is 6.10 Å². The van der Waals surface area contributed by atoms with Crippen molar-refractivity contribution in [1.29, 1.82) is 0 Å². The minimum atomic E-state index is -0.235. The molecule has 1 heterocycles. The number of esters is 1. The van der Waals surface area contributed by atoms with Crippen molar-refractivity contribution in [3.05, 3.63) is 35.4 Å². The molecule has 1 aromatic rings. The van der Waals surface area contributed by atoms with Crippen molar-refractivity contribution in [3.8, 4) is 0 Å². The van der Waals surface area contributed by atoms with Crippen molar-refractivity contribution in [1.82, 2.24) is 4.90 Å². The quantitative estimate of drug-likeness (QED) is 0.802. The van der Waals surface area contributed by atoms with Crippen molar-refractivity contribution in [3.63, 3.8) is 0 Å². The molecule has 1 amide bonds. The van der Waals surface area contributed by atoms with Gasteiger partial charge in [-0.15, -0.1) is 0 Å². The van der Waals surface area contributed by atoms with E-state index in [1.54, 1.807) is 6.07 Å². The minimum Gasteiger partial charge on any atom is -0.459 e. The Morgan fingerprint density at radius 3 is 2.73 bits per heavy atom. The van der Waals surface area contributed by atoms with Crippen molar-refractivity contribution >= 4 is 11.9 Å². The highest BCUT2D eigenvalue weighted by Crippen LogP contribution is 2.22. The van der Waals surface area contributed by atoms with Gasteiger partial charge >= 0.3 is 5.97 Å². The molecule has 0 aromatic heterocycles. The number of benzene rings is 1. The third kappa shape index (κ3) is 3.67. The molecule has 1 aliphatic carbocycles. The number of amides is 1. The van der Waals surface area contributed by atoms with Gasteiger partial charge in [0.05, 0.1) is 5.56 Å². The highest BCUT2D eigenvalue weighted by atomic mass is 16.5. The van der Waals surface area contributed by atoms with E-state index in [-0.39, 0.29) is 18.0 Å². The molecule has 2 fully saturated rings. The molecule has 3 rings (SSSR count). The first kappa shape index (κ1) is 15.1. The lowest BCUT2D eigenvalue weighted by atomic mass is 9.98. The van der Waals surface area contributed by atoms with E-state index in [1.807, 2.05) is 23.1 Å². The summed E-state index contributed by atoms with van der Waals surface area (Å²) in [5.41, 5.74) is 1.59. The molecule has 0 unspecified atom stereocenters. The third-order valence-electron chi connectivity index (χ3n) is 4.53. The Morgan fingerprint density at radius 1 is 1.18 bits per heavy atom. The molecule has 118 valence electrons. The van der Waals surface area contributed by atoms with E-state index < -0.39 is 0 Å². The average molecular weight is 301 g/mol. The average Bonchev–Trinajstić information content (AvgIpc) is 2.94. The van der Waals surface area contributed by atoms with Gasteiger partial charge < -0.3 is 9.64 Å². The fourth-order valence-electron chi connectivity index (χ4n) is 3.29. The largest absolute Gasteiger partial charge is 0.459 e. The fourth-order valence-corrected chi connectivity index (χ4v) is 3.29. The summed E-state index contributed by atoms with van der Waals surface area (Å²) in [7, 11) is 0. The second-order valence-corrected chi connectivity index (χ2v) is 6.28. The highest BCUT2D eigenvalue weighted by Gasteiger charge is 2.21. The molecule has 4 heteroatoms. The molecule has 1 saturated carbocycles. The second-order valence-electron chi connectivity index (χ2n) is 6.28. The van der Waals surface area contributed by atoms with Crippen LogP contribution in [0, 0.1) is 0 Å². The molecule has 4 nitrogen and oxygen atoms in total. The van der Waals surface area contributed by atoms with Crippen LogP contribution in [0.5, 0.6) is 0 Å². The summed E-state index contributed by atoms with van der Waals surface area (Å²) in [6.45, 7) is 1.40. The van der Waals surface area contributed by atoms with E-state index >= 15 is 0 Å². The van der Waals surface area contributed by atoms with Gasteiger partial charge in [0.2, 0.25) is 5.91 Å². The first-order chi connectivity index (χ1) is 10.7. The molecule has 0 radical (unpaired) electrons. The minimum absolute atomic E-state index is 0.0741. The molecule has 0 spiro atoms. The zero-order chi connectivity index (χ0) is 15.4. The van der Waals surface area contributed by atoms with Gasteiger partial charge in [-0.05, 0) is 49.8 Å². The van der Waals surface area contributed by atoms with Gasteiger partial charge in [0.25, 0.3) is 0 Å². The summed E-state index contributed by atoms with van der Waals surface area (Å²) in [4.78, 5) is 25.8. The zero-order valence-corrected chi connectivity index (χ0v) is 12.9. The summed E-state index contributed by atoms with van der Waals surface area (Å²) in [6.07, 6.45) is 7.15. The van der Waals surface area contributed by atoms with Crippen LogP contribution in [-0.2, 0) is 16.1 Å². The Labute approximate surface area is 131 Å². The normalized spacial score (nSPS) is 19.5. The van der Waals surface area contributed by atoms with Crippen molar-refractivity contribution in [2.75, 3.05) is 6.54 Å². The van der Waals surface area contributed by atoms with Crippen LogP contribution in [0.3, 0.4) is 0 Å². The number of carbonyl (C=O) groups excluding carboxylic acids is 2. The van der Waals surface area contributed by atoms with E-state index in [0.29, 0.717) is 18.5 Å². The standard InChI is InChI=1S/C18H23NO3/c20-17-10-5-11-19(17)13-14-6-4-7-15(12-14)18(21)22-16-8-2-1-3-9-16/h4,6-7,12,16H,1-3,5,8-11,13H2. The maximum absolute atomic E-state index is 12.3. The summed E-state index contributed by atoms with van der Waals surface area (Å²) in [5.74, 6) is -0.0308. The maximum atomic E-state index is 12.3. The lowest BCUT2D eigenvalue weighted by molar-refractivity contribution is -0.128. The Bertz CT molecular complexity index is 549. The predicted octanol–water partition coefficient (Wildman–Crippen LogP) is 3.30. The Balaban J connectivity index is 1.62. The van der Waals surface area contributed by atoms with Crippen LogP contribution in [0.4, 0.5) is 0 Å². The molecule has 0 atom stereocenters.